The fourth-order valence-corrected chi connectivity index (χ4v) is 10.0. The molecule has 1 radical (unpaired) electrons. The van der Waals surface area contributed by atoms with Crippen molar-refractivity contribution in [2.75, 3.05) is 0 Å². The van der Waals surface area contributed by atoms with E-state index in [-0.39, 0.29) is 26.0 Å². The summed E-state index contributed by atoms with van der Waals surface area (Å²) in [5, 5.41) is 3.07. The molecular weight excluding hydrogens is 1010 g/mol. The smallest absolute Gasteiger partial charge is 0.216 e. The molecule has 11 rings (SSSR count). The number of pyridine rings is 2. The van der Waals surface area contributed by atoms with Crippen LogP contribution < -0.4 is 5.19 Å². The number of benzene rings is 7. The van der Waals surface area contributed by atoms with Crippen molar-refractivity contribution in [2.24, 2.45) is 0 Å². The van der Waals surface area contributed by atoms with Crippen molar-refractivity contribution in [1.29, 1.82) is 0 Å². The number of fused-ring (bicyclic) bond motifs is 4. The second kappa shape index (κ2) is 19.4. The molecule has 1 atom stereocenters. The molecular formula is C60H50IrN4OSi-2. The number of imidazole rings is 1. The summed E-state index contributed by atoms with van der Waals surface area (Å²) >= 11 is 0. The molecule has 7 heteroatoms. The predicted molar refractivity (Wildman–Crippen MR) is 276 cm³/mol. The topological polar surface area (TPSA) is 56.7 Å². The summed E-state index contributed by atoms with van der Waals surface area (Å²) in [4.78, 5) is 14.5. The number of nitrogens with zero attached hydrogens (tertiary/aromatic N) is 4. The first-order valence-corrected chi connectivity index (χ1v) is 25.9. The summed E-state index contributed by atoms with van der Waals surface area (Å²) < 4.78 is 26.7. The van der Waals surface area contributed by atoms with Gasteiger partial charge in [-0.3, -0.25) is 4.98 Å². The Bertz CT molecular complexity index is 3560. The van der Waals surface area contributed by atoms with Gasteiger partial charge in [0.05, 0.1) is 30.5 Å². The summed E-state index contributed by atoms with van der Waals surface area (Å²) in [5.74, 6) is 0.515. The molecule has 0 spiro atoms. The van der Waals surface area contributed by atoms with E-state index in [1.807, 2.05) is 111 Å². The van der Waals surface area contributed by atoms with Gasteiger partial charge in [-0.15, -0.1) is 54.1 Å². The quantitative estimate of drug-likeness (QED) is 0.107. The fourth-order valence-electron chi connectivity index (χ4n) is 8.64. The van der Waals surface area contributed by atoms with Crippen LogP contribution in [-0.2, 0) is 26.5 Å². The van der Waals surface area contributed by atoms with E-state index in [2.05, 4.69) is 143 Å². The maximum atomic E-state index is 9.04. The van der Waals surface area contributed by atoms with Crippen LogP contribution in [0.4, 0.5) is 0 Å². The first-order valence-electron chi connectivity index (χ1n) is 23.4. The summed E-state index contributed by atoms with van der Waals surface area (Å²) in [6.45, 7) is 10.7. The van der Waals surface area contributed by atoms with E-state index in [4.69, 9.17) is 12.1 Å². The number of para-hydroxylation sites is 2. The molecule has 4 aromatic heterocycles. The Hall–Kier alpha value is -7.02. The summed E-state index contributed by atoms with van der Waals surface area (Å²) in [6, 6.07) is 70.3. The van der Waals surface area contributed by atoms with Crippen molar-refractivity contribution < 1.29 is 27.3 Å². The van der Waals surface area contributed by atoms with Crippen molar-refractivity contribution in [3.8, 4) is 50.6 Å². The van der Waals surface area contributed by atoms with Crippen molar-refractivity contribution in [1.82, 2.24) is 19.5 Å². The Balaban J connectivity index is 0.000000185. The van der Waals surface area contributed by atoms with E-state index in [1.165, 1.54) is 5.56 Å². The van der Waals surface area contributed by atoms with Crippen LogP contribution in [0.3, 0.4) is 0 Å². The average Bonchev–Trinajstić information content (AvgIpc) is 3.95. The molecule has 5 nitrogen and oxygen atoms in total. The molecule has 0 fully saturated rings. The molecule has 1 unspecified atom stereocenters. The van der Waals surface area contributed by atoms with Gasteiger partial charge in [-0.25, -0.2) is 4.98 Å². The van der Waals surface area contributed by atoms with Crippen LogP contribution in [0, 0.1) is 19.1 Å². The number of aromatic nitrogens is 4. The van der Waals surface area contributed by atoms with Crippen molar-refractivity contribution in [3.63, 3.8) is 0 Å². The average molecular weight is 1070 g/mol. The Morgan fingerprint density at radius 1 is 0.672 bits per heavy atom. The standard InChI is InChI=1S/C37H24N3O.C23H26NSi.Ir/c1-24-19-21-29-28-15-10-16-30(35(28)41-37(29)38-24)36-39-32-17-8-9-18-34(32)40(36)33-22-20-27(25-11-4-2-5-12-25)23-31(33)26-13-6-3-7-14-26;1-18(19-11-7-5-8-12-19)15-21-16-22(20-13-9-6-10-14-20)24-17-23(21)25(2,3)4;/h2-15,17-23H,1H3;5-13,16-18H,15H2,1-4H3;/q2*-1;/i;15D2;. The first kappa shape index (κ1) is 42.6. The molecule has 0 aliphatic carbocycles. The second-order valence-corrected chi connectivity index (χ2v) is 22.7. The molecule has 0 aliphatic heterocycles. The van der Waals surface area contributed by atoms with Crippen molar-refractivity contribution in [2.45, 2.75) is 45.8 Å². The minimum atomic E-state index is -1.77. The number of hydrogen-bond donors (Lipinski definition) is 0. The third-order valence-corrected chi connectivity index (χ3v) is 14.0. The van der Waals surface area contributed by atoms with Gasteiger partial charge in [0.1, 0.15) is 0 Å². The van der Waals surface area contributed by atoms with E-state index in [9.17, 15) is 0 Å². The predicted octanol–water partition coefficient (Wildman–Crippen LogP) is 14.9. The van der Waals surface area contributed by atoms with Crippen LogP contribution in [0.25, 0.3) is 83.7 Å². The Kier molecular flexibility index (Phi) is 12.4. The molecule has 0 saturated heterocycles. The molecule has 0 bridgehead atoms. The van der Waals surface area contributed by atoms with Gasteiger partial charge >= 0.3 is 0 Å². The summed E-state index contributed by atoms with van der Waals surface area (Å²) in [5.41, 5.74) is 14.1. The molecule has 4 heterocycles. The van der Waals surface area contributed by atoms with Gasteiger partial charge in [0.2, 0.25) is 5.71 Å². The number of furan rings is 1. The van der Waals surface area contributed by atoms with E-state index < -0.39 is 14.4 Å². The van der Waals surface area contributed by atoms with Gasteiger partial charge in [-0.1, -0.05) is 158 Å². The molecule has 0 aliphatic rings. The molecule has 67 heavy (non-hydrogen) atoms. The first-order chi connectivity index (χ1) is 33.0. The van der Waals surface area contributed by atoms with Gasteiger partial charge in [0.25, 0.3) is 0 Å². The van der Waals surface area contributed by atoms with Crippen LogP contribution >= 0.6 is 0 Å². The monoisotopic (exact) mass is 1070 g/mol. The van der Waals surface area contributed by atoms with Gasteiger partial charge in [-0.05, 0) is 88.7 Å². The maximum Gasteiger partial charge on any atom is 0.216 e. The second-order valence-electron chi connectivity index (χ2n) is 17.6. The number of hydrogen-bond acceptors (Lipinski definition) is 4. The maximum absolute atomic E-state index is 9.04. The van der Waals surface area contributed by atoms with E-state index in [0.717, 1.165) is 94.4 Å². The van der Waals surface area contributed by atoms with Gasteiger partial charge < -0.3 is 14.0 Å². The summed E-state index contributed by atoms with van der Waals surface area (Å²) in [7, 11) is -1.77. The summed E-state index contributed by atoms with van der Waals surface area (Å²) in [6.07, 6.45) is 0.400. The fraction of sp³-hybridized carbons (Fsp3) is 0.117. The number of rotatable bonds is 9. The third-order valence-electron chi connectivity index (χ3n) is 12.0. The number of aryl methyl sites for hydroxylation is 1. The Morgan fingerprint density at radius 3 is 2.10 bits per heavy atom. The van der Waals surface area contributed by atoms with Gasteiger partial charge in [0.15, 0.2) is 0 Å². The van der Waals surface area contributed by atoms with E-state index >= 15 is 0 Å². The van der Waals surface area contributed by atoms with Crippen LogP contribution in [0.15, 0.2) is 199 Å². The van der Waals surface area contributed by atoms with Crippen molar-refractivity contribution in [3.05, 3.63) is 223 Å². The van der Waals surface area contributed by atoms with Crippen LogP contribution in [-0.4, -0.2) is 27.6 Å². The Morgan fingerprint density at radius 2 is 1.37 bits per heavy atom. The largest absolute Gasteiger partial charge is 0.486 e. The van der Waals surface area contributed by atoms with Crippen LogP contribution in [0.1, 0.15) is 32.4 Å². The zero-order valence-electron chi connectivity index (χ0n) is 40.1. The normalized spacial score (nSPS) is 12.5. The zero-order valence-corrected chi connectivity index (χ0v) is 41.5. The molecule has 331 valence electrons. The van der Waals surface area contributed by atoms with Gasteiger partial charge in [-0.2, -0.15) is 0 Å². The molecule has 11 aromatic rings. The Labute approximate surface area is 410 Å². The van der Waals surface area contributed by atoms with Crippen LogP contribution in [0.5, 0.6) is 0 Å². The SMILES string of the molecule is Cc1ccc2c(n1)oc1c(-c3nc4ccccc4n3-c3ccc(-c4ccccc4)cc3-c3ccccc3)[c-]ccc12.[2H]C([2H])(c1cc(-c2[c-]cccc2)ncc1[Si](C)(C)C)C(C)c1ccccc1.[Ir]. The van der Waals surface area contributed by atoms with E-state index in [1.54, 1.807) is 0 Å². The van der Waals surface area contributed by atoms with E-state index in [0.29, 0.717) is 5.71 Å². The minimum Gasteiger partial charge on any atom is -0.486 e. The third kappa shape index (κ3) is 9.37. The van der Waals surface area contributed by atoms with Crippen LogP contribution in [0.2, 0.25) is 19.6 Å². The molecule has 0 N–H and O–H groups in total. The molecule has 0 amide bonds. The van der Waals surface area contributed by atoms with Crippen molar-refractivity contribution >= 4 is 46.4 Å². The van der Waals surface area contributed by atoms with Gasteiger partial charge in [0, 0.05) is 51.4 Å². The molecule has 0 saturated carbocycles. The zero-order chi connectivity index (χ0) is 47.0. The molecule has 7 aromatic carbocycles. The minimum absolute atomic E-state index is 0.